The maximum absolute atomic E-state index is 4.34. The largest absolute Gasteiger partial charge is 0.308 e. The van der Waals surface area contributed by atoms with Crippen molar-refractivity contribution >= 4 is 12.3 Å². The molecule has 1 aromatic heterocycles. The molecule has 0 atom stereocenters. The van der Waals surface area contributed by atoms with Gasteiger partial charge in [-0.05, 0) is 19.4 Å². The van der Waals surface area contributed by atoms with Gasteiger partial charge in [-0.2, -0.15) is 0 Å². The molecule has 2 nitrogen and oxygen atoms in total. The van der Waals surface area contributed by atoms with Crippen LogP contribution in [-0.2, 0) is 6.42 Å². The summed E-state index contributed by atoms with van der Waals surface area (Å²) in [7, 11) is 0. The highest BCUT2D eigenvalue weighted by Crippen LogP contribution is 2.13. The summed E-state index contributed by atoms with van der Waals surface area (Å²) in [4.78, 5) is 4.34. The Morgan fingerprint density at radius 1 is 1.50 bits per heavy atom. The van der Waals surface area contributed by atoms with Crippen LogP contribution < -0.4 is 0 Å². The van der Waals surface area contributed by atoms with Gasteiger partial charge >= 0.3 is 0 Å². The van der Waals surface area contributed by atoms with Crippen molar-refractivity contribution < 1.29 is 0 Å². The third kappa shape index (κ3) is 1.20. The molecule has 1 aromatic rings. The first-order valence-corrected chi connectivity index (χ1v) is 4.07. The standard InChI is InChI=1S/C10H14N2/c1-5-9-10(6-2)12(7-3)8(4)11-9/h5,7H,1,3,6H2,2,4H3. The van der Waals surface area contributed by atoms with Crippen LogP contribution in [0.25, 0.3) is 12.3 Å². The monoisotopic (exact) mass is 162 g/mol. The lowest BCUT2D eigenvalue weighted by Gasteiger charge is -2.00. The summed E-state index contributed by atoms with van der Waals surface area (Å²) in [5.41, 5.74) is 2.15. The molecule has 1 heterocycles. The highest BCUT2D eigenvalue weighted by Gasteiger charge is 2.07. The van der Waals surface area contributed by atoms with Gasteiger partial charge in [0.15, 0.2) is 0 Å². The van der Waals surface area contributed by atoms with Crippen molar-refractivity contribution in [1.82, 2.24) is 9.55 Å². The van der Waals surface area contributed by atoms with Gasteiger partial charge in [0.25, 0.3) is 0 Å². The average Bonchev–Trinajstić information content (AvgIpc) is 2.40. The van der Waals surface area contributed by atoms with E-state index in [4.69, 9.17) is 0 Å². The second-order valence-corrected chi connectivity index (χ2v) is 2.60. The topological polar surface area (TPSA) is 17.8 Å². The van der Waals surface area contributed by atoms with E-state index < -0.39 is 0 Å². The van der Waals surface area contributed by atoms with Gasteiger partial charge in [-0.3, -0.25) is 0 Å². The quantitative estimate of drug-likeness (QED) is 0.667. The van der Waals surface area contributed by atoms with Gasteiger partial charge in [-0.1, -0.05) is 20.1 Å². The molecular formula is C10H14N2. The SMILES string of the molecule is C=Cc1nc(C)n(C=C)c1CC. The van der Waals surface area contributed by atoms with Gasteiger partial charge in [0, 0.05) is 11.9 Å². The van der Waals surface area contributed by atoms with E-state index in [2.05, 4.69) is 25.1 Å². The van der Waals surface area contributed by atoms with Gasteiger partial charge in [0.05, 0.1) is 5.69 Å². The summed E-state index contributed by atoms with van der Waals surface area (Å²) in [6, 6.07) is 0. The number of aromatic nitrogens is 2. The van der Waals surface area contributed by atoms with Crippen LogP contribution >= 0.6 is 0 Å². The van der Waals surface area contributed by atoms with Crippen molar-refractivity contribution in [3.63, 3.8) is 0 Å². The fourth-order valence-corrected chi connectivity index (χ4v) is 1.37. The molecule has 0 aromatic carbocycles. The van der Waals surface area contributed by atoms with Crippen LogP contribution in [0.2, 0.25) is 0 Å². The average molecular weight is 162 g/mol. The molecule has 0 unspecified atom stereocenters. The zero-order chi connectivity index (χ0) is 9.14. The molecule has 0 aliphatic carbocycles. The first-order chi connectivity index (χ1) is 5.74. The van der Waals surface area contributed by atoms with Crippen LogP contribution in [0.1, 0.15) is 24.1 Å². The van der Waals surface area contributed by atoms with Crippen molar-refractivity contribution in [3.05, 3.63) is 30.4 Å². The molecule has 0 bridgehead atoms. The zero-order valence-electron chi connectivity index (χ0n) is 7.67. The van der Waals surface area contributed by atoms with Crippen molar-refractivity contribution in [2.45, 2.75) is 20.3 Å². The van der Waals surface area contributed by atoms with Gasteiger partial charge in [0.1, 0.15) is 5.82 Å². The Morgan fingerprint density at radius 2 is 2.17 bits per heavy atom. The molecule has 0 spiro atoms. The summed E-state index contributed by atoms with van der Waals surface area (Å²) in [6.45, 7) is 11.5. The van der Waals surface area contributed by atoms with Crippen LogP contribution in [0.3, 0.4) is 0 Å². The van der Waals surface area contributed by atoms with E-state index in [-0.39, 0.29) is 0 Å². The Hall–Kier alpha value is -1.31. The maximum Gasteiger partial charge on any atom is 0.110 e. The summed E-state index contributed by atoms with van der Waals surface area (Å²) in [5, 5.41) is 0. The highest BCUT2D eigenvalue weighted by atomic mass is 15.1. The molecule has 0 saturated carbocycles. The minimum absolute atomic E-state index is 0.953. The molecule has 0 aliphatic rings. The van der Waals surface area contributed by atoms with E-state index >= 15 is 0 Å². The molecule has 12 heavy (non-hydrogen) atoms. The third-order valence-corrected chi connectivity index (χ3v) is 1.93. The van der Waals surface area contributed by atoms with Gasteiger partial charge < -0.3 is 4.57 Å². The molecule has 0 aliphatic heterocycles. The fourth-order valence-electron chi connectivity index (χ4n) is 1.37. The number of imidazole rings is 1. The van der Waals surface area contributed by atoms with Crippen molar-refractivity contribution in [2.75, 3.05) is 0 Å². The molecule has 2 heteroatoms. The molecule has 0 radical (unpaired) electrons. The van der Waals surface area contributed by atoms with Gasteiger partial charge in [-0.25, -0.2) is 4.98 Å². The predicted molar refractivity (Wildman–Crippen MR) is 52.8 cm³/mol. The molecule has 0 fully saturated rings. The van der Waals surface area contributed by atoms with Crippen molar-refractivity contribution in [3.8, 4) is 0 Å². The number of rotatable bonds is 3. The smallest absolute Gasteiger partial charge is 0.110 e. The normalized spacial score (nSPS) is 9.83. The summed E-state index contributed by atoms with van der Waals surface area (Å²) in [5.74, 6) is 0.969. The Balaban J connectivity index is 3.34. The predicted octanol–water partition coefficient (Wildman–Crippen LogP) is 2.50. The molecule has 0 saturated heterocycles. The second-order valence-electron chi connectivity index (χ2n) is 2.60. The van der Waals surface area contributed by atoms with E-state index in [9.17, 15) is 0 Å². The van der Waals surface area contributed by atoms with E-state index in [0.29, 0.717) is 0 Å². The van der Waals surface area contributed by atoms with Crippen molar-refractivity contribution in [1.29, 1.82) is 0 Å². The second kappa shape index (κ2) is 3.39. The first-order valence-electron chi connectivity index (χ1n) is 4.07. The number of nitrogens with zero attached hydrogens (tertiary/aromatic N) is 2. The first kappa shape index (κ1) is 8.78. The van der Waals surface area contributed by atoms with Crippen LogP contribution in [0.15, 0.2) is 13.2 Å². The molecular weight excluding hydrogens is 148 g/mol. The molecule has 64 valence electrons. The lowest BCUT2D eigenvalue weighted by atomic mass is 10.2. The van der Waals surface area contributed by atoms with Crippen molar-refractivity contribution in [2.24, 2.45) is 0 Å². The number of hydrogen-bond acceptors (Lipinski definition) is 1. The van der Waals surface area contributed by atoms with Crippen LogP contribution in [0, 0.1) is 6.92 Å². The number of aryl methyl sites for hydroxylation is 1. The lowest BCUT2D eigenvalue weighted by Crippen LogP contribution is -1.95. The minimum atomic E-state index is 0.953. The summed E-state index contributed by atoms with van der Waals surface area (Å²) >= 11 is 0. The summed E-state index contributed by atoms with van der Waals surface area (Å²) < 4.78 is 2.00. The van der Waals surface area contributed by atoms with Crippen LogP contribution in [-0.4, -0.2) is 9.55 Å². The van der Waals surface area contributed by atoms with Gasteiger partial charge in [0.2, 0.25) is 0 Å². The Kier molecular flexibility index (Phi) is 2.48. The van der Waals surface area contributed by atoms with E-state index in [1.165, 1.54) is 5.69 Å². The van der Waals surface area contributed by atoms with Gasteiger partial charge in [-0.15, -0.1) is 0 Å². The fraction of sp³-hybridized carbons (Fsp3) is 0.300. The zero-order valence-corrected chi connectivity index (χ0v) is 7.67. The third-order valence-electron chi connectivity index (χ3n) is 1.93. The number of hydrogen-bond donors (Lipinski definition) is 0. The van der Waals surface area contributed by atoms with E-state index in [1.807, 2.05) is 11.5 Å². The Bertz CT molecular complexity index is 308. The maximum atomic E-state index is 4.34. The van der Waals surface area contributed by atoms with Crippen LogP contribution in [0.4, 0.5) is 0 Å². The lowest BCUT2D eigenvalue weighted by molar-refractivity contribution is 0.938. The molecule has 1 rings (SSSR count). The molecule has 0 N–H and O–H groups in total. The minimum Gasteiger partial charge on any atom is -0.308 e. The summed E-state index contributed by atoms with van der Waals surface area (Å²) in [6.07, 6.45) is 4.52. The van der Waals surface area contributed by atoms with Crippen LogP contribution in [0.5, 0.6) is 0 Å². The highest BCUT2D eigenvalue weighted by molar-refractivity contribution is 5.48. The van der Waals surface area contributed by atoms with E-state index in [1.54, 1.807) is 12.3 Å². The Labute approximate surface area is 73.2 Å². The van der Waals surface area contributed by atoms with E-state index in [0.717, 1.165) is 17.9 Å². The molecule has 0 amide bonds. The Morgan fingerprint density at radius 3 is 2.58 bits per heavy atom.